The zero-order valence-corrected chi connectivity index (χ0v) is 22.3. The molecule has 8 heteroatoms. The van der Waals surface area contributed by atoms with Gasteiger partial charge in [-0.05, 0) is 81.8 Å². The first-order chi connectivity index (χ1) is 17.0. The highest BCUT2D eigenvalue weighted by molar-refractivity contribution is 7.80. The predicted molar refractivity (Wildman–Crippen MR) is 150 cm³/mol. The summed E-state index contributed by atoms with van der Waals surface area (Å²) in [6, 6.07) is 11.0. The third kappa shape index (κ3) is 5.67. The van der Waals surface area contributed by atoms with Crippen LogP contribution in [0.15, 0.2) is 30.3 Å². The number of nitrogens with zero attached hydrogens (tertiary/aromatic N) is 4. The quantitative estimate of drug-likeness (QED) is 0.467. The Morgan fingerprint density at radius 3 is 2.51 bits per heavy atom. The van der Waals surface area contributed by atoms with Crippen molar-refractivity contribution in [1.29, 1.82) is 0 Å². The molecular weight excluding hydrogens is 476 g/mol. The van der Waals surface area contributed by atoms with Crippen LogP contribution in [0.5, 0.6) is 0 Å². The van der Waals surface area contributed by atoms with Gasteiger partial charge in [0.1, 0.15) is 11.6 Å². The van der Waals surface area contributed by atoms with Crippen LogP contribution < -0.4 is 20.4 Å². The van der Waals surface area contributed by atoms with Crippen LogP contribution in [0, 0.1) is 0 Å². The lowest BCUT2D eigenvalue weighted by Gasteiger charge is -2.35. The molecule has 35 heavy (non-hydrogen) atoms. The summed E-state index contributed by atoms with van der Waals surface area (Å²) in [6.45, 7) is 6.22. The summed E-state index contributed by atoms with van der Waals surface area (Å²) < 4.78 is 0. The standard InChI is InChI=1S/C27H37ClN6S/c1-20-9-2-5-16-34(20)24-18-23(33-14-6-7-15-33)30-25(31-24)32-26(35)29-19-27(12-3-4-13-27)21-10-8-11-22(28)17-21/h8,10-11,17-18,20H,2-7,9,12-16,19H2,1H3,(H2,29,30,31,32,35)/t20-/m0/s1. The molecular formula is C27H37ClN6S. The number of piperidine rings is 1. The van der Waals surface area contributed by atoms with E-state index in [0.717, 1.165) is 55.7 Å². The number of hydrogen-bond acceptors (Lipinski definition) is 5. The number of thiocarbonyl (C=S) groups is 1. The molecule has 0 amide bonds. The van der Waals surface area contributed by atoms with Crippen molar-refractivity contribution < 1.29 is 0 Å². The fraction of sp³-hybridized carbons (Fsp3) is 0.593. The Hall–Kier alpha value is -2.12. The number of nitrogens with one attached hydrogen (secondary N) is 2. The first-order valence-electron chi connectivity index (χ1n) is 13.2. The number of benzene rings is 1. The van der Waals surface area contributed by atoms with Crippen LogP contribution in [0.1, 0.15) is 70.3 Å². The van der Waals surface area contributed by atoms with Crippen LogP contribution >= 0.6 is 23.8 Å². The molecule has 3 fully saturated rings. The van der Waals surface area contributed by atoms with Crippen LogP contribution in [-0.4, -0.2) is 47.3 Å². The fourth-order valence-corrected chi connectivity index (χ4v) is 6.36. The maximum Gasteiger partial charge on any atom is 0.232 e. The van der Waals surface area contributed by atoms with Gasteiger partial charge in [-0.3, -0.25) is 0 Å². The topological polar surface area (TPSA) is 56.3 Å². The molecule has 188 valence electrons. The SMILES string of the molecule is C[C@H]1CCCCN1c1cc(N2CCCC2)nc(NC(=S)NCC2(c3cccc(Cl)c3)CCCC2)n1. The van der Waals surface area contributed by atoms with Crippen molar-refractivity contribution in [2.24, 2.45) is 0 Å². The van der Waals surface area contributed by atoms with E-state index in [-0.39, 0.29) is 5.41 Å². The van der Waals surface area contributed by atoms with E-state index in [2.05, 4.69) is 51.6 Å². The largest absolute Gasteiger partial charge is 0.361 e. The Kier molecular flexibility index (Phi) is 7.63. The Bertz CT molecular complexity index is 1030. The molecule has 0 spiro atoms. The van der Waals surface area contributed by atoms with Gasteiger partial charge >= 0.3 is 0 Å². The average Bonchev–Trinajstić information content (AvgIpc) is 3.56. The second-order valence-electron chi connectivity index (χ2n) is 10.4. The van der Waals surface area contributed by atoms with Crippen molar-refractivity contribution in [2.45, 2.75) is 76.2 Å². The van der Waals surface area contributed by atoms with Gasteiger partial charge in [-0.15, -0.1) is 0 Å². The van der Waals surface area contributed by atoms with Gasteiger partial charge in [0.25, 0.3) is 0 Å². The van der Waals surface area contributed by atoms with Crippen molar-refractivity contribution in [3.8, 4) is 0 Å². The second kappa shape index (κ2) is 10.9. The number of halogens is 1. The Labute approximate surface area is 219 Å². The Morgan fingerprint density at radius 1 is 1.03 bits per heavy atom. The van der Waals surface area contributed by atoms with Crippen LogP contribution in [0.4, 0.5) is 17.6 Å². The molecule has 1 atom stereocenters. The lowest BCUT2D eigenvalue weighted by Crippen LogP contribution is -2.41. The number of hydrogen-bond donors (Lipinski definition) is 2. The fourth-order valence-electron chi connectivity index (χ4n) is 6.00. The van der Waals surface area contributed by atoms with Crippen LogP contribution in [-0.2, 0) is 5.41 Å². The van der Waals surface area contributed by atoms with Gasteiger partial charge in [0.15, 0.2) is 5.11 Å². The van der Waals surface area contributed by atoms with Gasteiger partial charge in [0.05, 0.1) is 0 Å². The van der Waals surface area contributed by atoms with E-state index in [1.165, 1.54) is 50.5 Å². The lowest BCUT2D eigenvalue weighted by molar-refractivity contribution is 0.435. The van der Waals surface area contributed by atoms with Crippen molar-refractivity contribution in [3.05, 3.63) is 40.9 Å². The molecule has 3 aliphatic rings. The zero-order chi connectivity index (χ0) is 24.3. The predicted octanol–water partition coefficient (Wildman–Crippen LogP) is 5.91. The molecule has 1 aromatic heterocycles. The van der Waals surface area contributed by atoms with Gasteiger partial charge in [0, 0.05) is 48.7 Å². The molecule has 2 aliphatic heterocycles. The summed E-state index contributed by atoms with van der Waals surface area (Å²) in [5.41, 5.74) is 1.36. The molecule has 1 aliphatic carbocycles. The molecule has 2 saturated heterocycles. The summed E-state index contributed by atoms with van der Waals surface area (Å²) in [5.74, 6) is 2.59. The number of anilines is 3. The molecule has 2 aromatic rings. The summed E-state index contributed by atoms with van der Waals surface area (Å²) in [7, 11) is 0. The molecule has 3 heterocycles. The van der Waals surface area contributed by atoms with E-state index in [0.29, 0.717) is 17.1 Å². The molecule has 5 rings (SSSR count). The van der Waals surface area contributed by atoms with E-state index in [1.807, 2.05) is 6.07 Å². The molecule has 0 bridgehead atoms. The van der Waals surface area contributed by atoms with E-state index < -0.39 is 0 Å². The van der Waals surface area contributed by atoms with E-state index in [9.17, 15) is 0 Å². The minimum absolute atomic E-state index is 0.0588. The van der Waals surface area contributed by atoms with E-state index in [1.54, 1.807) is 0 Å². The van der Waals surface area contributed by atoms with Gasteiger partial charge < -0.3 is 20.4 Å². The summed E-state index contributed by atoms with van der Waals surface area (Å²) in [6.07, 6.45) is 10.9. The van der Waals surface area contributed by atoms with Crippen molar-refractivity contribution in [1.82, 2.24) is 15.3 Å². The number of rotatable bonds is 6. The van der Waals surface area contributed by atoms with Crippen molar-refractivity contribution in [2.75, 3.05) is 41.3 Å². The second-order valence-corrected chi connectivity index (χ2v) is 11.3. The minimum Gasteiger partial charge on any atom is -0.361 e. The molecule has 1 saturated carbocycles. The highest BCUT2D eigenvalue weighted by atomic mass is 35.5. The normalized spacial score (nSPS) is 21.8. The van der Waals surface area contributed by atoms with Crippen molar-refractivity contribution in [3.63, 3.8) is 0 Å². The third-order valence-electron chi connectivity index (χ3n) is 8.04. The van der Waals surface area contributed by atoms with Crippen LogP contribution in [0.2, 0.25) is 5.02 Å². The minimum atomic E-state index is 0.0588. The summed E-state index contributed by atoms with van der Waals surface area (Å²) >= 11 is 12.1. The summed E-state index contributed by atoms with van der Waals surface area (Å²) in [5, 5.41) is 8.19. The van der Waals surface area contributed by atoms with E-state index in [4.69, 9.17) is 33.8 Å². The first kappa shape index (κ1) is 24.6. The highest BCUT2D eigenvalue weighted by Crippen LogP contribution is 2.41. The third-order valence-corrected chi connectivity index (χ3v) is 8.52. The van der Waals surface area contributed by atoms with Crippen molar-refractivity contribution >= 4 is 46.5 Å². The maximum atomic E-state index is 6.33. The van der Waals surface area contributed by atoms with Crippen LogP contribution in [0.25, 0.3) is 0 Å². The Morgan fingerprint density at radius 2 is 1.77 bits per heavy atom. The zero-order valence-electron chi connectivity index (χ0n) is 20.7. The number of aromatic nitrogens is 2. The monoisotopic (exact) mass is 512 g/mol. The average molecular weight is 513 g/mol. The van der Waals surface area contributed by atoms with E-state index >= 15 is 0 Å². The highest BCUT2D eigenvalue weighted by Gasteiger charge is 2.36. The first-order valence-corrected chi connectivity index (χ1v) is 14.0. The van der Waals surface area contributed by atoms with Gasteiger partial charge in [-0.1, -0.05) is 36.6 Å². The van der Waals surface area contributed by atoms with Crippen LogP contribution in [0.3, 0.4) is 0 Å². The van der Waals surface area contributed by atoms with Gasteiger partial charge in [0.2, 0.25) is 5.95 Å². The maximum absolute atomic E-state index is 6.33. The lowest BCUT2D eigenvalue weighted by atomic mass is 9.79. The summed E-state index contributed by atoms with van der Waals surface area (Å²) in [4.78, 5) is 14.6. The van der Waals surface area contributed by atoms with Gasteiger partial charge in [-0.2, -0.15) is 9.97 Å². The molecule has 2 N–H and O–H groups in total. The molecule has 1 aromatic carbocycles. The Balaban J connectivity index is 1.32. The molecule has 0 unspecified atom stereocenters. The molecule has 0 radical (unpaired) electrons. The van der Waals surface area contributed by atoms with Gasteiger partial charge in [-0.25, -0.2) is 0 Å². The molecule has 6 nitrogen and oxygen atoms in total. The smallest absolute Gasteiger partial charge is 0.232 e.